The Morgan fingerprint density at radius 3 is 2.50 bits per heavy atom. The molecule has 24 heavy (non-hydrogen) atoms. The number of carbonyl (C=O) groups is 1. The molecule has 0 aliphatic rings. The number of nitrogens with zero attached hydrogens (tertiary/aromatic N) is 1. The quantitative estimate of drug-likeness (QED) is 0.584. The molecular weight excluding hydrogens is 304 g/mol. The predicted octanol–water partition coefficient (Wildman–Crippen LogP) is 3.55. The van der Waals surface area contributed by atoms with Gasteiger partial charge in [0.25, 0.3) is 5.91 Å². The van der Waals surface area contributed by atoms with Crippen LogP contribution in [0.2, 0.25) is 0 Å². The first kappa shape index (κ1) is 19.6. The topological polar surface area (TPSA) is 71.3 Å². The monoisotopic (exact) mass is 330 g/mol. The highest BCUT2D eigenvalue weighted by molar-refractivity contribution is 6.01. The molecule has 0 bridgehead atoms. The van der Waals surface area contributed by atoms with Gasteiger partial charge in [-0.05, 0) is 50.5 Å². The number of hydrogen-bond acceptors (Lipinski definition) is 4. The summed E-state index contributed by atoms with van der Waals surface area (Å²) in [6.45, 7) is 10.8. The van der Waals surface area contributed by atoms with Gasteiger partial charge >= 0.3 is 0 Å². The van der Waals surface area contributed by atoms with Crippen molar-refractivity contribution in [3.8, 4) is 17.6 Å². The summed E-state index contributed by atoms with van der Waals surface area (Å²) in [5.41, 5.74) is 0.771. The summed E-state index contributed by atoms with van der Waals surface area (Å²) in [7, 11) is 0. The highest BCUT2D eigenvalue weighted by Gasteiger charge is 2.12. The van der Waals surface area contributed by atoms with Crippen molar-refractivity contribution >= 4 is 12.0 Å². The molecule has 1 rings (SSSR count). The van der Waals surface area contributed by atoms with Gasteiger partial charge < -0.3 is 14.8 Å². The Bertz CT molecular complexity index is 628. The Kier molecular flexibility index (Phi) is 7.84. The summed E-state index contributed by atoms with van der Waals surface area (Å²) in [5.74, 6) is 1.29. The van der Waals surface area contributed by atoms with E-state index >= 15 is 0 Å². The molecule has 0 aliphatic carbocycles. The van der Waals surface area contributed by atoms with E-state index in [9.17, 15) is 10.1 Å². The van der Waals surface area contributed by atoms with Crippen LogP contribution in [0.4, 0.5) is 0 Å². The Balaban J connectivity index is 3.07. The standard InChI is InChI=1S/C19H26N2O3/c1-6-23-18-10-15(7-8-17(18)24-12-13(2)3)9-16(11-20)19(22)21-14(4)5/h7-10,13-14H,6,12H2,1-5H3,(H,21,22)/b16-9+. The van der Waals surface area contributed by atoms with Gasteiger partial charge in [-0.25, -0.2) is 0 Å². The van der Waals surface area contributed by atoms with E-state index in [0.29, 0.717) is 36.2 Å². The Hall–Kier alpha value is -2.48. The van der Waals surface area contributed by atoms with Gasteiger partial charge in [0.1, 0.15) is 11.6 Å². The van der Waals surface area contributed by atoms with Crippen LogP contribution in [0.3, 0.4) is 0 Å². The SMILES string of the molecule is CCOc1cc(/C=C(\C#N)C(=O)NC(C)C)ccc1OCC(C)C. The average molecular weight is 330 g/mol. The molecule has 1 N–H and O–H groups in total. The lowest BCUT2D eigenvalue weighted by molar-refractivity contribution is -0.117. The highest BCUT2D eigenvalue weighted by Crippen LogP contribution is 2.29. The maximum Gasteiger partial charge on any atom is 0.262 e. The van der Waals surface area contributed by atoms with E-state index in [0.717, 1.165) is 0 Å². The van der Waals surface area contributed by atoms with Crippen LogP contribution in [0.5, 0.6) is 11.5 Å². The molecule has 0 aromatic heterocycles. The zero-order chi connectivity index (χ0) is 18.1. The number of benzene rings is 1. The van der Waals surface area contributed by atoms with Gasteiger partial charge in [0, 0.05) is 6.04 Å². The zero-order valence-electron chi connectivity index (χ0n) is 15.1. The molecule has 0 aliphatic heterocycles. The molecule has 0 unspecified atom stereocenters. The summed E-state index contributed by atoms with van der Waals surface area (Å²) in [6, 6.07) is 7.29. The predicted molar refractivity (Wildman–Crippen MR) is 94.8 cm³/mol. The van der Waals surface area contributed by atoms with Gasteiger partial charge in [0.15, 0.2) is 11.5 Å². The van der Waals surface area contributed by atoms with E-state index in [4.69, 9.17) is 9.47 Å². The first-order valence-corrected chi connectivity index (χ1v) is 8.19. The maximum absolute atomic E-state index is 12.0. The van der Waals surface area contributed by atoms with Crippen molar-refractivity contribution in [1.29, 1.82) is 5.26 Å². The van der Waals surface area contributed by atoms with Crippen LogP contribution in [0.15, 0.2) is 23.8 Å². The second kappa shape index (κ2) is 9.61. The van der Waals surface area contributed by atoms with Crippen LogP contribution < -0.4 is 14.8 Å². The van der Waals surface area contributed by atoms with E-state index in [-0.39, 0.29) is 17.5 Å². The molecule has 0 saturated heterocycles. The Morgan fingerprint density at radius 1 is 1.25 bits per heavy atom. The van der Waals surface area contributed by atoms with Gasteiger partial charge in [-0.3, -0.25) is 4.79 Å². The van der Waals surface area contributed by atoms with Gasteiger partial charge in [-0.2, -0.15) is 5.26 Å². The van der Waals surface area contributed by atoms with Crippen molar-refractivity contribution in [3.63, 3.8) is 0 Å². The summed E-state index contributed by atoms with van der Waals surface area (Å²) in [4.78, 5) is 12.0. The van der Waals surface area contributed by atoms with Crippen molar-refractivity contribution in [2.24, 2.45) is 5.92 Å². The summed E-state index contributed by atoms with van der Waals surface area (Å²) < 4.78 is 11.4. The number of amides is 1. The molecule has 5 heteroatoms. The van der Waals surface area contributed by atoms with Crippen molar-refractivity contribution in [2.45, 2.75) is 40.7 Å². The minimum atomic E-state index is -0.384. The summed E-state index contributed by atoms with van der Waals surface area (Å²) in [5, 5.41) is 11.9. The van der Waals surface area contributed by atoms with E-state index < -0.39 is 0 Å². The normalized spacial score (nSPS) is 11.3. The largest absolute Gasteiger partial charge is 0.490 e. The van der Waals surface area contributed by atoms with Crippen molar-refractivity contribution in [1.82, 2.24) is 5.32 Å². The number of nitrogens with one attached hydrogen (secondary N) is 1. The van der Waals surface area contributed by atoms with Crippen LogP contribution in [-0.4, -0.2) is 25.2 Å². The second-order valence-electron chi connectivity index (χ2n) is 6.14. The van der Waals surface area contributed by atoms with E-state index in [1.807, 2.05) is 26.8 Å². The lowest BCUT2D eigenvalue weighted by atomic mass is 10.1. The number of ether oxygens (including phenoxy) is 2. The van der Waals surface area contributed by atoms with Gasteiger partial charge in [0.2, 0.25) is 0 Å². The van der Waals surface area contributed by atoms with E-state index in [2.05, 4.69) is 19.2 Å². The second-order valence-corrected chi connectivity index (χ2v) is 6.14. The average Bonchev–Trinajstić information content (AvgIpc) is 2.51. The van der Waals surface area contributed by atoms with E-state index in [1.54, 1.807) is 24.3 Å². The molecule has 0 heterocycles. The fourth-order valence-electron chi connectivity index (χ4n) is 1.91. The third-order valence-electron chi connectivity index (χ3n) is 2.94. The summed E-state index contributed by atoms with van der Waals surface area (Å²) >= 11 is 0. The van der Waals surface area contributed by atoms with Gasteiger partial charge in [0.05, 0.1) is 13.2 Å². The number of carbonyl (C=O) groups excluding carboxylic acids is 1. The molecule has 0 fully saturated rings. The molecule has 130 valence electrons. The summed E-state index contributed by atoms with van der Waals surface area (Å²) in [6.07, 6.45) is 1.55. The maximum atomic E-state index is 12.0. The first-order chi connectivity index (χ1) is 11.4. The Morgan fingerprint density at radius 2 is 1.96 bits per heavy atom. The lowest BCUT2D eigenvalue weighted by Crippen LogP contribution is -2.30. The van der Waals surface area contributed by atoms with Crippen molar-refractivity contribution in [2.75, 3.05) is 13.2 Å². The molecule has 5 nitrogen and oxygen atoms in total. The fraction of sp³-hybridized carbons (Fsp3) is 0.474. The third kappa shape index (κ3) is 6.33. The fourth-order valence-corrected chi connectivity index (χ4v) is 1.91. The molecule has 0 saturated carbocycles. The van der Waals surface area contributed by atoms with Crippen molar-refractivity contribution in [3.05, 3.63) is 29.3 Å². The highest BCUT2D eigenvalue weighted by atomic mass is 16.5. The minimum Gasteiger partial charge on any atom is -0.490 e. The van der Waals surface area contributed by atoms with Crippen LogP contribution in [0.25, 0.3) is 6.08 Å². The molecular formula is C19H26N2O3. The molecule has 0 spiro atoms. The van der Waals surface area contributed by atoms with Gasteiger partial charge in [-0.15, -0.1) is 0 Å². The Labute approximate surface area is 144 Å². The van der Waals surface area contributed by atoms with E-state index in [1.165, 1.54) is 0 Å². The van der Waals surface area contributed by atoms with Crippen LogP contribution >= 0.6 is 0 Å². The van der Waals surface area contributed by atoms with Crippen molar-refractivity contribution < 1.29 is 14.3 Å². The third-order valence-corrected chi connectivity index (χ3v) is 2.94. The zero-order valence-corrected chi connectivity index (χ0v) is 15.1. The van der Waals surface area contributed by atoms with Gasteiger partial charge in [-0.1, -0.05) is 19.9 Å². The minimum absolute atomic E-state index is 0.0277. The van der Waals surface area contributed by atoms with Crippen LogP contribution in [-0.2, 0) is 4.79 Å². The van der Waals surface area contributed by atoms with Crippen LogP contribution in [0, 0.1) is 17.2 Å². The molecule has 0 radical (unpaired) electrons. The van der Waals surface area contributed by atoms with Crippen LogP contribution in [0.1, 0.15) is 40.2 Å². The first-order valence-electron chi connectivity index (χ1n) is 8.19. The number of nitriles is 1. The lowest BCUT2D eigenvalue weighted by Gasteiger charge is -2.14. The molecule has 1 amide bonds. The number of hydrogen-bond donors (Lipinski definition) is 1. The smallest absolute Gasteiger partial charge is 0.262 e. The molecule has 1 aromatic rings. The molecule has 0 atom stereocenters. The molecule has 1 aromatic carbocycles. The number of rotatable bonds is 8.